The van der Waals surface area contributed by atoms with Crippen LogP contribution in [0.3, 0.4) is 0 Å². The SMILES string of the molecule is Cc1cccc(C(=O)N(CCBr)CCBr)c1. The van der Waals surface area contributed by atoms with Crippen molar-refractivity contribution in [2.45, 2.75) is 6.92 Å². The summed E-state index contributed by atoms with van der Waals surface area (Å²) < 4.78 is 0. The van der Waals surface area contributed by atoms with Crippen LogP contribution in [0.25, 0.3) is 0 Å². The Morgan fingerprint density at radius 3 is 2.38 bits per heavy atom. The average molecular weight is 349 g/mol. The van der Waals surface area contributed by atoms with Gasteiger partial charge in [-0.3, -0.25) is 4.79 Å². The number of benzene rings is 1. The van der Waals surface area contributed by atoms with Gasteiger partial charge < -0.3 is 4.90 Å². The van der Waals surface area contributed by atoms with Gasteiger partial charge in [0.1, 0.15) is 0 Å². The summed E-state index contributed by atoms with van der Waals surface area (Å²) >= 11 is 6.73. The quantitative estimate of drug-likeness (QED) is 0.748. The average Bonchev–Trinajstić information content (AvgIpc) is 2.28. The number of aryl methyl sites for hydroxylation is 1. The molecule has 0 N–H and O–H groups in total. The first-order chi connectivity index (χ1) is 7.69. The molecule has 1 amide bonds. The molecule has 1 aromatic carbocycles. The van der Waals surface area contributed by atoms with Gasteiger partial charge in [-0.05, 0) is 19.1 Å². The van der Waals surface area contributed by atoms with Crippen LogP contribution in [0.4, 0.5) is 0 Å². The monoisotopic (exact) mass is 347 g/mol. The molecule has 0 spiro atoms. The lowest BCUT2D eigenvalue weighted by molar-refractivity contribution is 0.0776. The molecule has 0 aliphatic heterocycles. The van der Waals surface area contributed by atoms with Crippen molar-refractivity contribution < 1.29 is 4.79 Å². The maximum absolute atomic E-state index is 12.2. The molecular formula is C12H15Br2NO. The van der Waals surface area contributed by atoms with Crippen LogP contribution in [0.2, 0.25) is 0 Å². The zero-order valence-corrected chi connectivity index (χ0v) is 12.4. The first kappa shape index (κ1) is 13.7. The summed E-state index contributed by atoms with van der Waals surface area (Å²) in [5.41, 5.74) is 1.88. The Bertz CT molecular complexity index is 349. The normalized spacial score (nSPS) is 10.2. The molecule has 0 aliphatic carbocycles. The number of carbonyl (C=O) groups excluding carboxylic acids is 1. The largest absolute Gasteiger partial charge is 0.337 e. The van der Waals surface area contributed by atoms with Gasteiger partial charge in [0.2, 0.25) is 0 Å². The fourth-order valence-corrected chi connectivity index (χ4v) is 2.34. The summed E-state index contributed by atoms with van der Waals surface area (Å²) in [5.74, 6) is 0.0996. The van der Waals surface area contributed by atoms with E-state index in [1.807, 2.05) is 36.1 Å². The summed E-state index contributed by atoms with van der Waals surface area (Å²) in [4.78, 5) is 14.0. The van der Waals surface area contributed by atoms with Crippen LogP contribution in [-0.2, 0) is 0 Å². The van der Waals surface area contributed by atoms with E-state index in [1.165, 1.54) is 0 Å². The molecule has 0 saturated heterocycles. The minimum Gasteiger partial charge on any atom is -0.337 e. The van der Waals surface area contributed by atoms with Crippen molar-refractivity contribution in [1.29, 1.82) is 0 Å². The predicted octanol–water partition coefficient (Wildman–Crippen LogP) is 3.23. The highest BCUT2D eigenvalue weighted by Gasteiger charge is 2.14. The van der Waals surface area contributed by atoms with Gasteiger partial charge in [-0.25, -0.2) is 0 Å². The number of nitrogens with zero attached hydrogens (tertiary/aromatic N) is 1. The highest BCUT2D eigenvalue weighted by molar-refractivity contribution is 9.09. The summed E-state index contributed by atoms with van der Waals surface area (Å²) in [5, 5.41) is 1.61. The van der Waals surface area contributed by atoms with Gasteiger partial charge in [-0.1, -0.05) is 49.6 Å². The minimum absolute atomic E-state index is 0.0996. The van der Waals surface area contributed by atoms with Crippen molar-refractivity contribution in [2.24, 2.45) is 0 Å². The van der Waals surface area contributed by atoms with Gasteiger partial charge in [-0.2, -0.15) is 0 Å². The number of hydrogen-bond acceptors (Lipinski definition) is 1. The Morgan fingerprint density at radius 1 is 1.25 bits per heavy atom. The van der Waals surface area contributed by atoms with E-state index in [0.717, 1.165) is 34.9 Å². The number of alkyl halides is 2. The molecule has 1 rings (SSSR count). The number of hydrogen-bond donors (Lipinski definition) is 0. The Labute approximate surface area is 113 Å². The lowest BCUT2D eigenvalue weighted by Gasteiger charge is -2.20. The van der Waals surface area contributed by atoms with E-state index in [4.69, 9.17) is 0 Å². The topological polar surface area (TPSA) is 20.3 Å². The van der Waals surface area contributed by atoms with E-state index in [9.17, 15) is 4.79 Å². The maximum Gasteiger partial charge on any atom is 0.253 e. The standard InChI is InChI=1S/C12H15Br2NO/c1-10-3-2-4-11(9-10)12(16)15(7-5-13)8-6-14/h2-4,9H,5-8H2,1H3. The molecule has 0 bridgehead atoms. The Morgan fingerprint density at radius 2 is 1.88 bits per heavy atom. The lowest BCUT2D eigenvalue weighted by atomic mass is 10.1. The molecule has 4 heteroatoms. The summed E-state index contributed by atoms with van der Waals surface area (Å²) in [6, 6.07) is 7.71. The number of halogens is 2. The summed E-state index contributed by atoms with van der Waals surface area (Å²) in [6.45, 7) is 3.47. The first-order valence-electron chi connectivity index (χ1n) is 5.17. The molecule has 0 aliphatic rings. The molecule has 0 heterocycles. The number of rotatable bonds is 5. The molecule has 0 radical (unpaired) electrons. The summed E-state index contributed by atoms with van der Waals surface area (Å²) in [6.07, 6.45) is 0. The molecule has 0 atom stereocenters. The Hall–Kier alpha value is -0.350. The van der Waals surface area contributed by atoms with E-state index in [0.29, 0.717) is 0 Å². The highest BCUT2D eigenvalue weighted by Crippen LogP contribution is 2.08. The first-order valence-corrected chi connectivity index (χ1v) is 7.41. The molecule has 2 nitrogen and oxygen atoms in total. The molecule has 16 heavy (non-hydrogen) atoms. The van der Waals surface area contributed by atoms with Crippen LogP contribution in [-0.4, -0.2) is 34.6 Å². The number of amides is 1. The molecule has 88 valence electrons. The third kappa shape index (κ3) is 3.91. The van der Waals surface area contributed by atoms with Crippen LogP contribution < -0.4 is 0 Å². The van der Waals surface area contributed by atoms with Gasteiger partial charge in [0.15, 0.2) is 0 Å². The fraction of sp³-hybridized carbons (Fsp3) is 0.417. The Balaban J connectivity index is 2.81. The zero-order valence-electron chi connectivity index (χ0n) is 9.25. The van der Waals surface area contributed by atoms with Gasteiger partial charge in [-0.15, -0.1) is 0 Å². The van der Waals surface area contributed by atoms with Crippen molar-refractivity contribution in [3.8, 4) is 0 Å². The van der Waals surface area contributed by atoms with Crippen molar-refractivity contribution >= 4 is 37.8 Å². The molecule has 0 unspecified atom stereocenters. The van der Waals surface area contributed by atoms with Crippen LogP contribution in [0.5, 0.6) is 0 Å². The van der Waals surface area contributed by atoms with Crippen LogP contribution in [0, 0.1) is 6.92 Å². The van der Waals surface area contributed by atoms with Gasteiger partial charge in [0, 0.05) is 29.3 Å². The fourth-order valence-electron chi connectivity index (χ4n) is 1.48. The van der Waals surface area contributed by atoms with Crippen molar-refractivity contribution in [1.82, 2.24) is 4.90 Å². The predicted molar refractivity (Wildman–Crippen MR) is 74.7 cm³/mol. The second-order valence-electron chi connectivity index (χ2n) is 3.54. The molecular weight excluding hydrogens is 334 g/mol. The molecule has 1 aromatic rings. The van der Waals surface area contributed by atoms with Crippen LogP contribution >= 0.6 is 31.9 Å². The second-order valence-corrected chi connectivity index (χ2v) is 5.13. The van der Waals surface area contributed by atoms with Crippen LogP contribution in [0.1, 0.15) is 15.9 Å². The zero-order chi connectivity index (χ0) is 12.0. The van der Waals surface area contributed by atoms with E-state index >= 15 is 0 Å². The highest BCUT2D eigenvalue weighted by atomic mass is 79.9. The smallest absolute Gasteiger partial charge is 0.253 e. The van der Waals surface area contributed by atoms with Crippen LogP contribution in [0.15, 0.2) is 24.3 Å². The number of carbonyl (C=O) groups is 1. The van der Waals surface area contributed by atoms with Crippen molar-refractivity contribution in [3.63, 3.8) is 0 Å². The Kier molecular flexibility index (Phi) is 6.06. The van der Waals surface area contributed by atoms with E-state index in [2.05, 4.69) is 31.9 Å². The summed E-state index contributed by atoms with van der Waals surface area (Å²) in [7, 11) is 0. The van der Waals surface area contributed by atoms with Gasteiger partial charge in [0.05, 0.1) is 0 Å². The third-order valence-corrected chi connectivity index (χ3v) is 2.97. The van der Waals surface area contributed by atoms with Gasteiger partial charge >= 0.3 is 0 Å². The lowest BCUT2D eigenvalue weighted by Crippen LogP contribution is -2.34. The van der Waals surface area contributed by atoms with Crippen molar-refractivity contribution in [3.05, 3.63) is 35.4 Å². The second kappa shape index (κ2) is 7.07. The third-order valence-electron chi connectivity index (χ3n) is 2.26. The molecule has 0 fully saturated rings. The van der Waals surface area contributed by atoms with E-state index in [1.54, 1.807) is 0 Å². The van der Waals surface area contributed by atoms with E-state index < -0.39 is 0 Å². The molecule has 0 aromatic heterocycles. The maximum atomic E-state index is 12.2. The van der Waals surface area contributed by atoms with Gasteiger partial charge in [0.25, 0.3) is 5.91 Å². The molecule has 0 saturated carbocycles. The van der Waals surface area contributed by atoms with E-state index in [-0.39, 0.29) is 5.91 Å². The minimum atomic E-state index is 0.0996. The van der Waals surface area contributed by atoms with Crippen molar-refractivity contribution in [2.75, 3.05) is 23.7 Å².